The fourth-order valence-corrected chi connectivity index (χ4v) is 4.61. The number of amides is 1. The number of aromatic hydroxyl groups is 1. The van der Waals surface area contributed by atoms with Gasteiger partial charge < -0.3 is 29.2 Å². The lowest BCUT2D eigenvalue weighted by Crippen LogP contribution is -2.33. The van der Waals surface area contributed by atoms with Crippen molar-refractivity contribution < 1.29 is 29.0 Å². The number of halogens is 1. The molecule has 9 heteroatoms. The number of nitrogens with zero attached hydrogens (tertiary/aromatic N) is 2. The van der Waals surface area contributed by atoms with Gasteiger partial charge in [0.05, 0.1) is 23.2 Å². The number of hydrogen-bond acceptors (Lipinski definition) is 7. The number of phenolic OH excluding ortho intramolecular Hbond substituents is 1. The summed E-state index contributed by atoms with van der Waals surface area (Å²) in [5.74, 6) is -1.72. The maximum absolute atomic E-state index is 13.6. The maximum atomic E-state index is 13.6. The molecule has 2 N–H and O–H groups in total. The molecule has 2 heterocycles. The van der Waals surface area contributed by atoms with Crippen LogP contribution in [0.3, 0.4) is 0 Å². The van der Waals surface area contributed by atoms with Crippen LogP contribution < -0.4 is 4.74 Å². The van der Waals surface area contributed by atoms with Crippen LogP contribution in [0.5, 0.6) is 11.5 Å². The Morgan fingerprint density at radius 1 is 1.21 bits per heavy atom. The number of methoxy groups -OCH3 is 1. The quantitative estimate of drug-likeness (QED) is 0.416. The molecule has 0 fully saturated rings. The molecule has 1 atom stereocenters. The first-order chi connectivity index (χ1) is 16.2. The summed E-state index contributed by atoms with van der Waals surface area (Å²) in [4.78, 5) is 30.2. The van der Waals surface area contributed by atoms with Crippen LogP contribution in [0.1, 0.15) is 28.6 Å². The zero-order valence-corrected chi connectivity index (χ0v) is 20.6. The number of ketones is 1. The molecule has 178 valence electrons. The number of Topliss-reactive ketones (excluding diaryl/α,β-unsaturated/α-hetero) is 1. The van der Waals surface area contributed by atoms with Crippen molar-refractivity contribution in [2.24, 2.45) is 0 Å². The Kier molecular flexibility index (Phi) is 6.67. The second kappa shape index (κ2) is 9.52. The van der Waals surface area contributed by atoms with E-state index in [-0.39, 0.29) is 22.8 Å². The number of hydrogen-bond donors (Lipinski definition) is 2. The van der Waals surface area contributed by atoms with E-state index in [4.69, 9.17) is 9.15 Å². The van der Waals surface area contributed by atoms with Gasteiger partial charge in [0.15, 0.2) is 23.0 Å². The molecule has 0 aliphatic carbocycles. The summed E-state index contributed by atoms with van der Waals surface area (Å²) in [6.45, 7) is 1.02. The van der Waals surface area contributed by atoms with Gasteiger partial charge in [0, 0.05) is 11.9 Å². The van der Waals surface area contributed by atoms with Crippen molar-refractivity contribution in [2.45, 2.75) is 12.5 Å². The molecular weight excluding hydrogens is 504 g/mol. The second-order valence-electron chi connectivity index (χ2n) is 8.35. The fraction of sp³-hybridized carbons (Fsp3) is 0.280. The van der Waals surface area contributed by atoms with Gasteiger partial charge >= 0.3 is 0 Å². The summed E-state index contributed by atoms with van der Waals surface area (Å²) < 4.78 is 11.4. The van der Waals surface area contributed by atoms with Crippen molar-refractivity contribution in [3.05, 3.63) is 69.6 Å². The van der Waals surface area contributed by atoms with Gasteiger partial charge in [-0.15, -0.1) is 0 Å². The van der Waals surface area contributed by atoms with Gasteiger partial charge in [0.25, 0.3) is 5.91 Å². The Morgan fingerprint density at radius 2 is 1.94 bits per heavy atom. The van der Waals surface area contributed by atoms with E-state index in [9.17, 15) is 19.8 Å². The first-order valence-electron chi connectivity index (χ1n) is 10.7. The van der Waals surface area contributed by atoms with Crippen LogP contribution >= 0.6 is 15.9 Å². The smallest absolute Gasteiger partial charge is 0.290 e. The Morgan fingerprint density at radius 3 is 2.62 bits per heavy atom. The van der Waals surface area contributed by atoms with Crippen LogP contribution in [-0.2, 0) is 4.79 Å². The topological polar surface area (TPSA) is 103 Å². The van der Waals surface area contributed by atoms with Crippen molar-refractivity contribution in [1.29, 1.82) is 0 Å². The number of ether oxygens (including phenoxy) is 1. The molecule has 4 rings (SSSR count). The number of carbonyl (C=O) groups excluding carboxylic acids is 2. The highest BCUT2D eigenvalue weighted by atomic mass is 79.9. The lowest BCUT2D eigenvalue weighted by atomic mass is 9.94. The molecule has 3 aromatic rings. The standard InChI is InChI=1S/C25H25BrN2O6/c1-27(2)9-6-10-28-21(15-11-16(26)22(29)18(13-15)33-3)20(24(31)25(28)32)23(30)19-12-14-7-4-5-8-17(14)34-19/h4-5,7-8,11-13,21,29,31H,6,9-10H2,1-3H3. The van der Waals surface area contributed by atoms with E-state index in [1.807, 2.05) is 31.1 Å². The van der Waals surface area contributed by atoms with Crippen molar-refractivity contribution >= 4 is 38.6 Å². The highest BCUT2D eigenvalue weighted by Gasteiger charge is 2.44. The van der Waals surface area contributed by atoms with Crippen molar-refractivity contribution in [2.75, 3.05) is 34.3 Å². The van der Waals surface area contributed by atoms with Gasteiger partial charge in [-0.3, -0.25) is 9.59 Å². The summed E-state index contributed by atoms with van der Waals surface area (Å²) in [6.07, 6.45) is 0.630. The van der Waals surface area contributed by atoms with Crippen LogP contribution in [0.2, 0.25) is 0 Å². The number of carbonyl (C=O) groups is 2. The van der Waals surface area contributed by atoms with E-state index in [1.165, 1.54) is 12.0 Å². The first kappa shape index (κ1) is 23.8. The summed E-state index contributed by atoms with van der Waals surface area (Å²) in [5.41, 5.74) is 0.959. The van der Waals surface area contributed by atoms with Gasteiger partial charge in [-0.25, -0.2) is 0 Å². The lowest BCUT2D eigenvalue weighted by Gasteiger charge is -2.27. The van der Waals surface area contributed by atoms with Crippen LogP contribution in [0, 0.1) is 0 Å². The molecule has 1 aliphatic rings. The Balaban J connectivity index is 1.81. The predicted molar refractivity (Wildman–Crippen MR) is 130 cm³/mol. The molecule has 34 heavy (non-hydrogen) atoms. The molecule has 1 aromatic heterocycles. The molecular formula is C25H25BrN2O6. The number of aliphatic hydroxyl groups excluding tert-OH is 1. The van der Waals surface area contributed by atoms with E-state index < -0.39 is 23.5 Å². The van der Waals surface area contributed by atoms with E-state index >= 15 is 0 Å². The number of fused-ring (bicyclic) bond motifs is 1. The average molecular weight is 529 g/mol. The second-order valence-corrected chi connectivity index (χ2v) is 9.21. The van der Waals surface area contributed by atoms with Crippen molar-refractivity contribution in [3.8, 4) is 11.5 Å². The van der Waals surface area contributed by atoms with E-state index in [0.29, 0.717) is 35.1 Å². The van der Waals surface area contributed by atoms with Gasteiger partial charge in [0.2, 0.25) is 5.78 Å². The van der Waals surface area contributed by atoms with Crippen molar-refractivity contribution in [3.63, 3.8) is 0 Å². The van der Waals surface area contributed by atoms with Gasteiger partial charge in [-0.1, -0.05) is 18.2 Å². The van der Waals surface area contributed by atoms with E-state index in [0.717, 1.165) is 5.39 Å². The molecule has 0 saturated heterocycles. The first-order valence-corrected chi connectivity index (χ1v) is 11.5. The van der Waals surface area contributed by atoms with Gasteiger partial charge in [-0.05, 0) is 72.8 Å². The van der Waals surface area contributed by atoms with E-state index in [1.54, 1.807) is 30.3 Å². The summed E-state index contributed by atoms with van der Waals surface area (Å²) in [7, 11) is 5.27. The minimum Gasteiger partial charge on any atom is -0.503 e. The summed E-state index contributed by atoms with van der Waals surface area (Å²) >= 11 is 3.31. The van der Waals surface area contributed by atoms with Gasteiger partial charge in [-0.2, -0.15) is 0 Å². The third-order valence-corrected chi connectivity index (χ3v) is 6.39. The van der Waals surface area contributed by atoms with E-state index in [2.05, 4.69) is 15.9 Å². The van der Waals surface area contributed by atoms with Crippen LogP contribution in [0.25, 0.3) is 11.0 Å². The zero-order valence-electron chi connectivity index (χ0n) is 19.0. The Labute approximate surface area is 205 Å². The lowest BCUT2D eigenvalue weighted by molar-refractivity contribution is -0.129. The molecule has 2 aromatic carbocycles. The van der Waals surface area contributed by atoms with Crippen molar-refractivity contribution in [1.82, 2.24) is 9.80 Å². The Bertz CT molecular complexity index is 1260. The largest absolute Gasteiger partial charge is 0.503 e. The monoisotopic (exact) mass is 528 g/mol. The highest BCUT2D eigenvalue weighted by molar-refractivity contribution is 9.10. The molecule has 0 bridgehead atoms. The third-order valence-electron chi connectivity index (χ3n) is 5.79. The molecule has 1 amide bonds. The normalized spacial score (nSPS) is 16.2. The minimum absolute atomic E-state index is 0.0282. The molecule has 0 saturated carbocycles. The minimum atomic E-state index is -0.888. The molecule has 0 spiro atoms. The van der Waals surface area contributed by atoms with Crippen LogP contribution in [0.15, 0.2) is 62.7 Å². The Hall–Kier alpha value is -3.30. The molecule has 1 aliphatic heterocycles. The third kappa shape index (κ3) is 4.28. The number of aliphatic hydroxyl groups is 1. The number of rotatable bonds is 8. The maximum Gasteiger partial charge on any atom is 0.290 e. The average Bonchev–Trinajstić information content (AvgIpc) is 3.35. The van der Waals surface area contributed by atoms with Crippen LogP contribution in [-0.4, -0.2) is 66.0 Å². The van der Waals surface area contributed by atoms with Gasteiger partial charge in [0.1, 0.15) is 5.58 Å². The molecule has 0 radical (unpaired) electrons. The predicted octanol–water partition coefficient (Wildman–Crippen LogP) is 4.44. The SMILES string of the molecule is COc1cc(C2C(C(=O)c3cc4ccccc4o3)=C(O)C(=O)N2CCCN(C)C)cc(Br)c1O. The number of para-hydroxylation sites is 1. The fourth-order valence-electron chi connectivity index (χ4n) is 4.15. The summed E-state index contributed by atoms with van der Waals surface area (Å²) in [5, 5.41) is 21.9. The number of phenols is 1. The summed E-state index contributed by atoms with van der Waals surface area (Å²) in [6, 6.07) is 11.1. The molecule has 8 nitrogen and oxygen atoms in total. The highest BCUT2D eigenvalue weighted by Crippen LogP contribution is 2.44. The van der Waals surface area contributed by atoms with Crippen LogP contribution in [0.4, 0.5) is 0 Å². The molecule has 1 unspecified atom stereocenters. The number of benzene rings is 2. The number of furan rings is 1. The zero-order chi connectivity index (χ0) is 24.6.